The molecule has 7 nitrogen and oxygen atoms in total. The van der Waals surface area contributed by atoms with Crippen LogP contribution < -0.4 is 16.0 Å². The normalized spacial score (nSPS) is 12.5. The van der Waals surface area contributed by atoms with Gasteiger partial charge in [0.1, 0.15) is 17.5 Å². The molecule has 0 bridgehead atoms. The lowest BCUT2D eigenvalue weighted by Gasteiger charge is -2.07. The molecule has 0 saturated heterocycles. The molecule has 0 amide bonds. The summed E-state index contributed by atoms with van der Waals surface area (Å²) in [6.45, 7) is 0.518. The number of carbonyl (C=O) groups is 1. The van der Waals surface area contributed by atoms with Crippen LogP contribution in [0.3, 0.4) is 0 Å². The van der Waals surface area contributed by atoms with E-state index in [1.54, 1.807) is 12.1 Å². The third kappa shape index (κ3) is 4.87. The number of benzene rings is 1. The molecule has 1 unspecified atom stereocenters. The largest absolute Gasteiger partial charge is 0.507 e. The number of ether oxygens (including phenoxy) is 1. The van der Waals surface area contributed by atoms with Crippen LogP contribution in [-0.4, -0.2) is 42.1 Å². The Morgan fingerprint density at radius 1 is 1.60 bits per heavy atom. The van der Waals surface area contributed by atoms with Crippen LogP contribution in [0.2, 0.25) is 0 Å². The Hall–Kier alpha value is -2.12. The van der Waals surface area contributed by atoms with Crippen molar-refractivity contribution in [2.75, 3.05) is 13.7 Å². The first-order chi connectivity index (χ1) is 9.58. The van der Waals surface area contributed by atoms with E-state index in [1.807, 2.05) is 0 Å². The van der Waals surface area contributed by atoms with Gasteiger partial charge in [0.2, 0.25) is 0 Å². The van der Waals surface area contributed by atoms with Gasteiger partial charge < -0.3 is 14.9 Å². The van der Waals surface area contributed by atoms with Gasteiger partial charge in [0.15, 0.2) is 0 Å². The summed E-state index contributed by atoms with van der Waals surface area (Å²) in [6, 6.07) is 3.79. The quantitative estimate of drug-likeness (QED) is 0.239. The van der Waals surface area contributed by atoms with E-state index in [1.165, 1.54) is 19.4 Å². The fourth-order valence-electron chi connectivity index (χ4n) is 1.59. The minimum Gasteiger partial charge on any atom is -0.507 e. The van der Waals surface area contributed by atoms with Crippen molar-refractivity contribution in [3.05, 3.63) is 23.8 Å². The van der Waals surface area contributed by atoms with Crippen molar-refractivity contribution >= 4 is 12.2 Å². The number of nitrogens with zero attached hydrogens (tertiary/aromatic N) is 1. The molecule has 5 N–H and O–H groups in total. The van der Waals surface area contributed by atoms with Gasteiger partial charge in [0.05, 0.1) is 7.11 Å². The Kier molecular flexibility index (Phi) is 6.48. The fourth-order valence-corrected chi connectivity index (χ4v) is 1.59. The van der Waals surface area contributed by atoms with Gasteiger partial charge >= 0.3 is 5.97 Å². The number of phenolic OH excluding ortho intramolecular Hbond substituents is 1. The van der Waals surface area contributed by atoms with Gasteiger partial charge in [0.25, 0.3) is 0 Å². The molecule has 0 fully saturated rings. The van der Waals surface area contributed by atoms with Crippen molar-refractivity contribution in [1.29, 1.82) is 0 Å². The topological polar surface area (TPSA) is 117 Å². The van der Waals surface area contributed by atoms with E-state index in [-0.39, 0.29) is 5.75 Å². The van der Waals surface area contributed by atoms with E-state index in [0.717, 1.165) is 0 Å². The van der Waals surface area contributed by atoms with Crippen LogP contribution in [0.5, 0.6) is 11.5 Å². The molecule has 7 heteroatoms. The number of phenols is 1. The molecule has 0 saturated carbocycles. The average Bonchev–Trinajstić information content (AvgIpc) is 2.44. The molecule has 20 heavy (non-hydrogen) atoms. The SMILES string of the molecule is COc1ccc(O)c(C=NC(CCCNN)C(=O)O)c1. The molecule has 0 aliphatic rings. The van der Waals surface area contributed by atoms with Crippen LogP contribution in [0.15, 0.2) is 23.2 Å². The number of hydrogen-bond acceptors (Lipinski definition) is 6. The van der Waals surface area contributed by atoms with Crippen molar-refractivity contribution in [2.45, 2.75) is 18.9 Å². The molecule has 1 aromatic carbocycles. The number of nitrogens with one attached hydrogen (secondary N) is 1. The van der Waals surface area contributed by atoms with E-state index in [2.05, 4.69) is 10.4 Å². The Morgan fingerprint density at radius 3 is 2.95 bits per heavy atom. The van der Waals surface area contributed by atoms with Crippen LogP contribution in [-0.2, 0) is 4.79 Å². The van der Waals surface area contributed by atoms with Crippen LogP contribution >= 0.6 is 0 Å². The first kappa shape index (κ1) is 15.9. The summed E-state index contributed by atoms with van der Waals surface area (Å²) in [4.78, 5) is 15.1. The lowest BCUT2D eigenvalue weighted by Crippen LogP contribution is -2.25. The highest BCUT2D eigenvalue weighted by Gasteiger charge is 2.14. The van der Waals surface area contributed by atoms with E-state index in [0.29, 0.717) is 30.7 Å². The van der Waals surface area contributed by atoms with Gasteiger partial charge in [-0.1, -0.05) is 0 Å². The lowest BCUT2D eigenvalue weighted by molar-refractivity contribution is -0.138. The minimum absolute atomic E-state index is 0.0160. The van der Waals surface area contributed by atoms with Gasteiger partial charge in [-0.15, -0.1) is 0 Å². The molecular formula is C13H19N3O4. The monoisotopic (exact) mass is 281 g/mol. The standard InChI is InChI=1S/C13H19N3O4/c1-20-10-4-5-12(17)9(7-10)8-15-11(13(18)19)3-2-6-16-14/h4-5,7-8,11,16-17H,2-3,6,14H2,1H3,(H,18,19). The number of aromatic hydroxyl groups is 1. The highest BCUT2D eigenvalue weighted by molar-refractivity contribution is 5.86. The van der Waals surface area contributed by atoms with Crippen molar-refractivity contribution in [1.82, 2.24) is 5.43 Å². The maximum atomic E-state index is 11.1. The van der Waals surface area contributed by atoms with Crippen LogP contribution in [0.25, 0.3) is 0 Å². The first-order valence-corrected chi connectivity index (χ1v) is 6.15. The maximum absolute atomic E-state index is 11.1. The zero-order valence-electron chi connectivity index (χ0n) is 11.2. The second kappa shape index (κ2) is 8.13. The van der Waals surface area contributed by atoms with Gasteiger partial charge in [-0.3, -0.25) is 16.3 Å². The Balaban J connectivity index is 2.79. The van der Waals surface area contributed by atoms with Crippen molar-refractivity contribution < 1.29 is 19.7 Å². The predicted octanol–water partition coefficient (Wildman–Crippen LogP) is 0.516. The molecule has 0 aliphatic carbocycles. The van der Waals surface area contributed by atoms with E-state index >= 15 is 0 Å². The maximum Gasteiger partial charge on any atom is 0.328 e. The summed E-state index contributed by atoms with van der Waals surface area (Å²) in [7, 11) is 1.51. The van der Waals surface area contributed by atoms with Crippen molar-refractivity contribution in [3.63, 3.8) is 0 Å². The lowest BCUT2D eigenvalue weighted by atomic mass is 10.1. The number of nitrogens with two attached hydrogens (primary N) is 1. The van der Waals surface area contributed by atoms with Gasteiger partial charge in [-0.25, -0.2) is 4.79 Å². The van der Waals surface area contributed by atoms with Crippen LogP contribution in [0.4, 0.5) is 0 Å². The summed E-state index contributed by atoms with van der Waals surface area (Å²) >= 11 is 0. The Morgan fingerprint density at radius 2 is 2.35 bits per heavy atom. The second-order valence-electron chi connectivity index (χ2n) is 4.15. The molecule has 0 aromatic heterocycles. The molecule has 0 radical (unpaired) electrons. The van der Waals surface area contributed by atoms with Crippen LogP contribution in [0, 0.1) is 0 Å². The number of rotatable bonds is 8. The molecule has 0 spiro atoms. The third-order valence-corrected chi connectivity index (χ3v) is 2.71. The fraction of sp³-hybridized carbons (Fsp3) is 0.385. The number of aliphatic imine (C=N–C) groups is 1. The number of carboxylic acids is 1. The van der Waals surface area contributed by atoms with Gasteiger partial charge in [-0.05, 0) is 31.0 Å². The molecule has 0 heterocycles. The summed E-state index contributed by atoms with van der Waals surface area (Å²) in [5.41, 5.74) is 2.87. The summed E-state index contributed by atoms with van der Waals surface area (Å²) < 4.78 is 5.03. The number of methoxy groups -OCH3 is 1. The minimum atomic E-state index is -1.01. The molecular weight excluding hydrogens is 262 g/mol. The third-order valence-electron chi connectivity index (χ3n) is 2.71. The zero-order valence-corrected chi connectivity index (χ0v) is 11.2. The van der Waals surface area contributed by atoms with E-state index in [4.69, 9.17) is 15.7 Å². The Labute approximate surface area is 117 Å². The van der Waals surface area contributed by atoms with Crippen LogP contribution in [0.1, 0.15) is 18.4 Å². The summed E-state index contributed by atoms with van der Waals surface area (Å²) in [6.07, 6.45) is 2.29. The molecule has 1 rings (SSSR count). The second-order valence-corrected chi connectivity index (χ2v) is 4.15. The number of aliphatic carboxylic acids is 1. The van der Waals surface area contributed by atoms with Crippen molar-refractivity contribution in [3.8, 4) is 11.5 Å². The highest BCUT2D eigenvalue weighted by Crippen LogP contribution is 2.21. The van der Waals surface area contributed by atoms with Gasteiger partial charge in [0, 0.05) is 18.3 Å². The number of carboxylic acid groups (broad SMARTS) is 1. The number of hydrazine groups is 1. The molecule has 110 valence electrons. The van der Waals surface area contributed by atoms with E-state index < -0.39 is 12.0 Å². The highest BCUT2D eigenvalue weighted by atomic mass is 16.5. The van der Waals surface area contributed by atoms with Crippen molar-refractivity contribution in [2.24, 2.45) is 10.8 Å². The smallest absolute Gasteiger partial charge is 0.328 e. The molecule has 1 atom stereocenters. The molecule has 1 aromatic rings. The molecule has 0 aliphatic heterocycles. The predicted molar refractivity (Wildman–Crippen MR) is 75.1 cm³/mol. The first-order valence-electron chi connectivity index (χ1n) is 6.15. The summed E-state index contributed by atoms with van der Waals surface area (Å²) in [5.74, 6) is 4.69. The average molecular weight is 281 g/mol. The zero-order chi connectivity index (χ0) is 15.0. The summed E-state index contributed by atoms with van der Waals surface area (Å²) in [5, 5.41) is 18.7. The Bertz CT molecular complexity index is 477. The van der Waals surface area contributed by atoms with E-state index in [9.17, 15) is 9.90 Å². The number of hydrogen-bond donors (Lipinski definition) is 4. The van der Waals surface area contributed by atoms with Gasteiger partial charge in [-0.2, -0.15) is 0 Å².